The average Bonchev–Trinajstić information content (AvgIpc) is 2.39. The van der Waals surface area contributed by atoms with Gasteiger partial charge in [-0.3, -0.25) is 4.98 Å². The maximum atomic E-state index is 11.5. The Morgan fingerprint density at radius 2 is 2.00 bits per heavy atom. The molecule has 0 aliphatic rings. The van der Waals surface area contributed by atoms with Gasteiger partial charge in [0.2, 0.25) is 0 Å². The molecule has 1 aromatic heterocycles. The number of nitrogens with zero attached hydrogens (tertiary/aromatic N) is 1. The van der Waals surface area contributed by atoms with Gasteiger partial charge >= 0.3 is 5.97 Å². The summed E-state index contributed by atoms with van der Waals surface area (Å²) in [4.78, 5) is 15.7. The fraction of sp³-hybridized carbons (Fsp3) is 0.0769. The summed E-state index contributed by atoms with van der Waals surface area (Å²) in [5, 5.41) is 0. The van der Waals surface area contributed by atoms with Gasteiger partial charge in [0.05, 0.1) is 30.3 Å². The molecule has 0 radical (unpaired) electrons. The first kappa shape index (κ1) is 11.1. The van der Waals surface area contributed by atoms with Crippen molar-refractivity contribution in [1.82, 2.24) is 4.98 Å². The minimum Gasteiger partial charge on any atom is -0.465 e. The van der Waals surface area contributed by atoms with Crippen LogP contribution in [0.15, 0.2) is 42.6 Å². The molecule has 17 heavy (non-hydrogen) atoms. The number of hydrogen-bond donors (Lipinski definition) is 1. The van der Waals surface area contributed by atoms with Gasteiger partial charge in [-0.1, -0.05) is 30.3 Å². The van der Waals surface area contributed by atoms with Crippen LogP contribution >= 0.6 is 0 Å². The summed E-state index contributed by atoms with van der Waals surface area (Å²) in [7, 11) is 1.32. The number of nitrogens with two attached hydrogens (primary N) is 1. The molecule has 2 rings (SSSR count). The molecule has 0 saturated heterocycles. The van der Waals surface area contributed by atoms with Crippen molar-refractivity contribution in [3.05, 3.63) is 48.2 Å². The summed E-state index contributed by atoms with van der Waals surface area (Å²) in [6.07, 6.45) is 1.47. The monoisotopic (exact) mass is 228 g/mol. The molecule has 86 valence electrons. The van der Waals surface area contributed by atoms with Gasteiger partial charge in [0.15, 0.2) is 0 Å². The lowest BCUT2D eigenvalue weighted by Crippen LogP contribution is -2.06. The minimum atomic E-state index is -0.456. The fourth-order valence-corrected chi connectivity index (χ4v) is 1.52. The lowest BCUT2D eigenvalue weighted by Gasteiger charge is -2.06. The van der Waals surface area contributed by atoms with Gasteiger partial charge < -0.3 is 10.5 Å². The normalized spacial score (nSPS) is 9.94. The van der Waals surface area contributed by atoms with E-state index in [2.05, 4.69) is 9.72 Å². The van der Waals surface area contributed by atoms with E-state index in [1.165, 1.54) is 13.3 Å². The summed E-state index contributed by atoms with van der Waals surface area (Å²) in [6.45, 7) is 0. The van der Waals surface area contributed by atoms with Crippen LogP contribution in [0.5, 0.6) is 0 Å². The second kappa shape index (κ2) is 4.65. The Morgan fingerprint density at radius 1 is 1.29 bits per heavy atom. The van der Waals surface area contributed by atoms with Crippen LogP contribution in [0.3, 0.4) is 0 Å². The lowest BCUT2D eigenvalue weighted by atomic mass is 10.1. The third-order valence-corrected chi connectivity index (χ3v) is 2.41. The minimum absolute atomic E-state index is 0.316. The highest BCUT2D eigenvalue weighted by molar-refractivity contribution is 5.95. The van der Waals surface area contributed by atoms with Gasteiger partial charge in [-0.25, -0.2) is 4.79 Å². The SMILES string of the molecule is COC(=O)c1cc(-c2ccccc2)ncc1N. The Kier molecular flexibility index (Phi) is 3.05. The second-order valence-electron chi connectivity index (χ2n) is 3.51. The van der Waals surface area contributed by atoms with Gasteiger partial charge in [0.1, 0.15) is 0 Å². The van der Waals surface area contributed by atoms with E-state index in [9.17, 15) is 4.79 Å². The summed E-state index contributed by atoms with van der Waals surface area (Å²) < 4.78 is 4.66. The van der Waals surface area contributed by atoms with Gasteiger partial charge in [0, 0.05) is 5.56 Å². The maximum absolute atomic E-state index is 11.5. The smallest absolute Gasteiger partial charge is 0.340 e. The molecule has 0 atom stereocenters. The Hall–Kier alpha value is -2.36. The molecule has 0 amide bonds. The summed E-state index contributed by atoms with van der Waals surface area (Å²) in [6, 6.07) is 11.2. The van der Waals surface area contributed by atoms with Gasteiger partial charge in [-0.2, -0.15) is 0 Å². The van der Waals surface area contributed by atoms with E-state index < -0.39 is 5.97 Å². The third kappa shape index (κ3) is 2.25. The number of carbonyl (C=O) groups excluding carboxylic acids is 1. The number of esters is 1. The van der Waals surface area contributed by atoms with E-state index in [4.69, 9.17) is 5.73 Å². The summed E-state index contributed by atoms with van der Waals surface area (Å²) in [5.41, 5.74) is 7.95. The quantitative estimate of drug-likeness (QED) is 0.799. The number of rotatable bonds is 2. The number of ether oxygens (including phenoxy) is 1. The molecule has 1 aromatic carbocycles. The van der Waals surface area contributed by atoms with Gasteiger partial charge in [-0.05, 0) is 6.07 Å². The number of pyridine rings is 1. The molecule has 0 bridgehead atoms. The van der Waals surface area contributed by atoms with Gasteiger partial charge in [-0.15, -0.1) is 0 Å². The van der Waals surface area contributed by atoms with Crippen molar-refractivity contribution >= 4 is 11.7 Å². The highest BCUT2D eigenvalue weighted by Gasteiger charge is 2.12. The fourth-order valence-electron chi connectivity index (χ4n) is 1.52. The summed E-state index contributed by atoms with van der Waals surface area (Å²) in [5.74, 6) is -0.456. The Morgan fingerprint density at radius 3 is 2.65 bits per heavy atom. The highest BCUT2D eigenvalue weighted by Crippen LogP contribution is 2.21. The van der Waals surface area contributed by atoms with Crippen molar-refractivity contribution < 1.29 is 9.53 Å². The predicted octanol–water partition coefficient (Wildman–Crippen LogP) is 2.12. The number of carbonyl (C=O) groups is 1. The van der Waals surface area contributed by atoms with E-state index >= 15 is 0 Å². The van der Waals surface area contributed by atoms with E-state index in [-0.39, 0.29) is 0 Å². The molecule has 4 heteroatoms. The van der Waals surface area contributed by atoms with Crippen molar-refractivity contribution in [2.75, 3.05) is 12.8 Å². The second-order valence-corrected chi connectivity index (χ2v) is 3.51. The third-order valence-electron chi connectivity index (χ3n) is 2.41. The van der Waals surface area contributed by atoms with Crippen molar-refractivity contribution in [2.24, 2.45) is 0 Å². The predicted molar refractivity (Wildman–Crippen MR) is 65.4 cm³/mol. The number of nitrogen functional groups attached to an aromatic ring is 1. The number of hydrogen-bond acceptors (Lipinski definition) is 4. The molecule has 0 spiro atoms. The van der Waals surface area contributed by atoms with E-state index in [0.717, 1.165) is 5.56 Å². The molecule has 0 aliphatic carbocycles. The zero-order valence-electron chi connectivity index (χ0n) is 9.38. The van der Waals surface area contributed by atoms with Crippen LogP contribution in [0.1, 0.15) is 10.4 Å². The molecular weight excluding hydrogens is 216 g/mol. The highest BCUT2D eigenvalue weighted by atomic mass is 16.5. The van der Waals surface area contributed by atoms with Gasteiger partial charge in [0.25, 0.3) is 0 Å². The number of benzene rings is 1. The van der Waals surface area contributed by atoms with Crippen LogP contribution < -0.4 is 5.73 Å². The molecule has 1 heterocycles. The summed E-state index contributed by atoms with van der Waals surface area (Å²) >= 11 is 0. The average molecular weight is 228 g/mol. The Labute approximate surface area is 99.1 Å². The van der Waals surface area contributed by atoms with E-state index in [1.807, 2.05) is 30.3 Å². The zero-order chi connectivity index (χ0) is 12.3. The molecule has 2 aromatic rings. The van der Waals surface area contributed by atoms with E-state index in [0.29, 0.717) is 16.9 Å². The van der Waals surface area contributed by atoms with Crippen molar-refractivity contribution in [3.63, 3.8) is 0 Å². The molecule has 0 unspecified atom stereocenters. The topological polar surface area (TPSA) is 65.2 Å². The van der Waals surface area contributed by atoms with Crippen LogP contribution in [0.25, 0.3) is 11.3 Å². The molecule has 2 N–H and O–H groups in total. The lowest BCUT2D eigenvalue weighted by molar-refractivity contribution is 0.0602. The van der Waals surface area contributed by atoms with Crippen LogP contribution in [0.2, 0.25) is 0 Å². The van der Waals surface area contributed by atoms with Crippen molar-refractivity contribution in [3.8, 4) is 11.3 Å². The maximum Gasteiger partial charge on any atom is 0.340 e. The number of anilines is 1. The molecular formula is C13H12N2O2. The number of aromatic nitrogens is 1. The largest absolute Gasteiger partial charge is 0.465 e. The first-order chi connectivity index (χ1) is 8.22. The molecule has 0 aliphatic heterocycles. The van der Waals surface area contributed by atoms with Crippen LogP contribution in [0.4, 0.5) is 5.69 Å². The first-order valence-electron chi connectivity index (χ1n) is 5.11. The Balaban J connectivity index is 2.48. The molecule has 0 saturated carbocycles. The first-order valence-corrected chi connectivity index (χ1v) is 5.11. The number of methoxy groups -OCH3 is 1. The van der Waals surface area contributed by atoms with Crippen LogP contribution in [-0.4, -0.2) is 18.1 Å². The van der Waals surface area contributed by atoms with Crippen molar-refractivity contribution in [1.29, 1.82) is 0 Å². The standard InChI is InChI=1S/C13H12N2O2/c1-17-13(16)10-7-12(15-8-11(10)14)9-5-3-2-4-6-9/h2-8H,14H2,1H3. The Bertz CT molecular complexity index is 538. The van der Waals surface area contributed by atoms with Crippen molar-refractivity contribution in [2.45, 2.75) is 0 Å². The van der Waals surface area contributed by atoms with E-state index in [1.54, 1.807) is 6.07 Å². The van der Waals surface area contributed by atoms with Crippen LogP contribution in [0, 0.1) is 0 Å². The van der Waals surface area contributed by atoms with Crippen LogP contribution in [-0.2, 0) is 4.74 Å². The zero-order valence-corrected chi connectivity index (χ0v) is 9.38. The molecule has 4 nitrogen and oxygen atoms in total. The molecule has 0 fully saturated rings.